The summed E-state index contributed by atoms with van der Waals surface area (Å²) in [7, 11) is 1.65. The number of carbonyl (C=O) groups is 4. The highest BCUT2D eigenvalue weighted by Gasteiger charge is 2.41. The summed E-state index contributed by atoms with van der Waals surface area (Å²) in [5.74, 6) is 0.00392. The largest absolute Gasteiger partial charge is 0.485 e. The number of para-hydroxylation sites is 1. The van der Waals surface area contributed by atoms with Crippen LogP contribution in [0.2, 0.25) is 0 Å². The molecule has 0 unspecified atom stereocenters. The molecule has 0 radical (unpaired) electrons. The highest BCUT2D eigenvalue weighted by atomic mass is 16.5. The number of rotatable bonds is 4. The van der Waals surface area contributed by atoms with Crippen LogP contribution < -0.4 is 15.4 Å². The van der Waals surface area contributed by atoms with Crippen molar-refractivity contribution in [3.8, 4) is 5.75 Å². The lowest BCUT2D eigenvalue weighted by molar-refractivity contribution is -0.147. The van der Waals surface area contributed by atoms with Gasteiger partial charge < -0.3 is 29.7 Å². The molecule has 0 saturated carbocycles. The van der Waals surface area contributed by atoms with Crippen molar-refractivity contribution in [1.82, 2.24) is 35.6 Å². The Balaban J connectivity index is 1.40. The summed E-state index contributed by atoms with van der Waals surface area (Å²) in [6.07, 6.45) is 9.93. The van der Waals surface area contributed by atoms with Gasteiger partial charge in [-0.2, -0.15) is 4.98 Å². The van der Waals surface area contributed by atoms with E-state index in [4.69, 9.17) is 9.26 Å². The molecule has 3 aromatic rings. The van der Waals surface area contributed by atoms with E-state index in [0.29, 0.717) is 62.7 Å². The molecular formula is C39H53N7O6. The fraction of sp³-hybridized carbons (Fsp3) is 0.564. The third-order valence-corrected chi connectivity index (χ3v) is 9.89. The maximum atomic E-state index is 14.3. The minimum Gasteiger partial charge on any atom is -0.485 e. The van der Waals surface area contributed by atoms with Crippen LogP contribution in [-0.4, -0.2) is 86.8 Å². The number of amides is 4. The lowest BCUT2D eigenvalue weighted by atomic mass is 10.0. The maximum Gasteiger partial charge on any atom is 0.255 e. The van der Waals surface area contributed by atoms with E-state index in [1.54, 1.807) is 42.4 Å². The van der Waals surface area contributed by atoms with E-state index in [2.05, 4.69) is 25.8 Å². The van der Waals surface area contributed by atoms with E-state index in [1.165, 1.54) is 4.90 Å². The van der Waals surface area contributed by atoms with Gasteiger partial charge in [-0.15, -0.1) is 0 Å². The Kier molecular flexibility index (Phi) is 13.8. The zero-order chi connectivity index (χ0) is 37.0. The Bertz CT molecular complexity index is 1680. The van der Waals surface area contributed by atoms with Crippen LogP contribution in [0.5, 0.6) is 5.75 Å². The van der Waals surface area contributed by atoms with Gasteiger partial charge >= 0.3 is 0 Å². The summed E-state index contributed by atoms with van der Waals surface area (Å²) in [4.78, 5) is 68.1. The molecule has 52 heavy (non-hydrogen) atoms. The maximum absolute atomic E-state index is 14.3. The number of hydrogen-bond donors (Lipinski definition) is 2. The monoisotopic (exact) mass is 715 g/mol. The predicted molar refractivity (Wildman–Crippen MR) is 194 cm³/mol. The van der Waals surface area contributed by atoms with Gasteiger partial charge in [-0.05, 0) is 68.7 Å². The number of fused-ring (bicyclic) bond motifs is 4. The Morgan fingerprint density at radius 1 is 0.942 bits per heavy atom. The van der Waals surface area contributed by atoms with Crippen LogP contribution in [0.1, 0.15) is 105 Å². The molecular weight excluding hydrogens is 662 g/mol. The van der Waals surface area contributed by atoms with Gasteiger partial charge in [0.15, 0.2) is 6.61 Å². The van der Waals surface area contributed by atoms with Gasteiger partial charge in [-0.1, -0.05) is 62.9 Å². The summed E-state index contributed by atoms with van der Waals surface area (Å²) in [6.45, 7) is 6.75. The van der Waals surface area contributed by atoms with Gasteiger partial charge in [-0.3, -0.25) is 24.2 Å². The molecule has 2 aliphatic rings. The minimum atomic E-state index is -0.880. The van der Waals surface area contributed by atoms with E-state index in [-0.39, 0.29) is 35.8 Å². The van der Waals surface area contributed by atoms with E-state index >= 15 is 0 Å². The van der Waals surface area contributed by atoms with Crippen LogP contribution in [0.25, 0.3) is 0 Å². The molecule has 4 amide bonds. The van der Waals surface area contributed by atoms with E-state index in [1.807, 2.05) is 32.9 Å². The first-order valence-corrected chi connectivity index (χ1v) is 18.7. The topological polar surface area (TPSA) is 160 Å². The summed E-state index contributed by atoms with van der Waals surface area (Å²) >= 11 is 0. The number of ether oxygens (including phenoxy) is 1. The number of aryl methyl sites for hydroxylation is 2. The Hall–Kier alpha value is -4.81. The van der Waals surface area contributed by atoms with Crippen molar-refractivity contribution in [2.45, 2.75) is 116 Å². The summed E-state index contributed by atoms with van der Waals surface area (Å²) in [5.41, 5.74) is 1.94. The number of hydrogen-bond acceptors (Lipinski definition) is 9. The second-order valence-electron chi connectivity index (χ2n) is 14.3. The summed E-state index contributed by atoms with van der Waals surface area (Å²) < 4.78 is 11.4. The van der Waals surface area contributed by atoms with Crippen molar-refractivity contribution in [3.63, 3.8) is 0 Å². The second-order valence-corrected chi connectivity index (χ2v) is 14.3. The fourth-order valence-electron chi connectivity index (χ4n) is 6.96. The van der Waals surface area contributed by atoms with Gasteiger partial charge in [0.2, 0.25) is 29.4 Å². The van der Waals surface area contributed by atoms with Crippen molar-refractivity contribution in [2.24, 2.45) is 5.92 Å². The standard InChI is InChI=1S/C39H53N7O6/c1-26(2)23-30-38(49)46-22-14-17-31(46)39(50)45(4)32(24-28-15-13-21-40-27(28)3)37(48)41-20-12-8-6-5-7-9-19-35-43-34(44-52-35)25-51-33-18-11-10-16-29(33)36(47)42-30/h10-11,13,15-16,18,21,26,30-32H,5-9,12,14,17,19-20,22-25H2,1-4H3,(H,41,48)(H,42,47)/t30-,31-,32+/m1/s1. The Labute approximate surface area is 306 Å². The summed E-state index contributed by atoms with van der Waals surface area (Å²) in [6, 6.07) is 8.15. The van der Waals surface area contributed by atoms with E-state index in [0.717, 1.165) is 49.8 Å². The number of benzene rings is 1. The van der Waals surface area contributed by atoms with Gasteiger partial charge in [0, 0.05) is 44.9 Å². The molecule has 2 N–H and O–H groups in total. The van der Waals surface area contributed by atoms with Crippen LogP contribution in [0.4, 0.5) is 0 Å². The number of pyridine rings is 1. The molecule has 5 rings (SSSR count). The van der Waals surface area contributed by atoms with Crippen LogP contribution in [0.3, 0.4) is 0 Å². The van der Waals surface area contributed by atoms with E-state index < -0.39 is 24.0 Å². The van der Waals surface area contributed by atoms with Gasteiger partial charge in [0.25, 0.3) is 5.91 Å². The molecule has 13 heteroatoms. The third-order valence-electron chi connectivity index (χ3n) is 9.89. The zero-order valence-corrected chi connectivity index (χ0v) is 30.9. The number of carbonyl (C=O) groups excluding carboxylic acids is 4. The molecule has 13 nitrogen and oxygen atoms in total. The molecule has 1 aromatic carbocycles. The molecule has 3 atom stereocenters. The number of likely N-dealkylation sites (N-methyl/N-ethyl adjacent to an activating group) is 1. The molecule has 2 aliphatic heterocycles. The molecule has 2 aromatic heterocycles. The number of nitrogens with one attached hydrogen (secondary N) is 2. The first-order chi connectivity index (χ1) is 25.1. The first kappa shape index (κ1) is 38.4. The molecule has 4 heterocycles. The Morgan fingerprint density at radius 3 is 2.50 bits per heavy atom. The van der Waals surface area contributed by atoms with Crippen molar-refractivity contribution in [1.29, 1.82) is 0 Å². The van der Waals surface area contributed by atoms with E-state index in [9.17, 15) is 19.2 Å². The molecule has 1 saturated heterocycles. The smallest absolute Gasteiger partial charge is 0.255 e. The minimum absolute atomic E-state index is 0.0190. The van der Waals surface area contributed by atoms with Gasteiger partial charge in [-0.25, -0.2) is 0 Å². The number of aromatic nitrogens is 3. The van der Waals surface area contributed by atoms with Gasteiger partial charge in [0.05, 0.1) is 5.56 Å². The molecule has 2 bridgehead atoms. The van der Waals surface area contributed by atoms with Crippen LogP contribution in [0, 0.1) is 12.8 Å². The molecule has 0 aliphatic carbocycles. The van der Waals surface area contributed by atoms with Gasteiger partial charge in [0.1, 0.15) is 23.9 Å². The van der Waals surface area contributed by atoms with Crippen molar-refractivity contribution in [2.75, 3.05) is 20.1 Å². The average molecular weight is 716 g/mol. The van der Waals surface area contributed by atoms with Crippen molar-refractivity contribution >= 4 is 23.6 Å². The molecule has 280 valence electrons. The highest BCUT2D eigenvalue weighted by molar-refractivity contribution is 6.00. The van der Waals surface area contributed by atoms with Crippen molar-refractivity contribution in [3.05, 3.63) is 71.1 Å². The number of nitrogens with zero attached hydrogens (tertiary/aromatic N) is 5. The van der Waals surface area contributed by atoms with Crippen LogP contribution in [-0.2, 0) is 33.8 Å². The SMILES string of the molecule is Cc1ncccc1C[C@H]1C(=O)NCCCCCCCCc2nc(no2)COc2ccccc2C(=O)N[C@H](CC(C)C)C(=O)N2CCC[C@@H]2C(=O)N1C. The van der Waals surface area contributed by atoms with Crippen LogP contribution in [0.15, 0.2) is 47.1 Å². The fourth-order valence-corrected chi connectivity index (χ4v) is 6.96. The van der Waals surface area contributed by atoms with Crippen molar-refractivity contribution < 1.29 is 28.4 Å². The third kappa shape index (κ3) is 10.2. The molecule has 1 fully saturated rings. The highest BCUT2D eigenvalue weighted by Crippen LogP contribution is 2.25. The molecule has 0 spiro atoms. The van der Waals surface area contributed by atoms with Crippen LogP contribution >= 0.6 is 0 Å². The lowest BCUT2D eigenvalue weighted by Gasteiger charge is -2.34. The zero-order valence-electron chi connectivity index (χ0n) is 30.9. The average Bonchev–Trinajstić information content (AvgIpc) is 3.81. The lowest BCUT2D eigenvalue weighted by Crippen LogP contribution is -2.57. The Morgan fingerprint density at radius 2 is 1.71 bits per heavy atom. The predicted octanol–water partition coefficient (Wildman–Crippen LogP) is 4.57. The second kappa shape index (κ2) is 18.6. The summed E-state index contributed by atoms with van der Waals surface area (Å²) in [5, 5.41) is 10.1. The normalized spacial score (nSPS) is 22.0. The first-order valence-electron chi connectivity index (χ1n) is 18.7. The quantitative estimate of drug-likeness (QED) is 0.395.